The van der Waals surface area contributed by atoms with E-state index in [2.05, 4.69) is 24.2 Å². The van der Waals surface area contributed by atoms with E-state index in [1.54, 1.807) is 0 Å². The summed E-state index contributed by atoms with van der Waals surface area (Å²) in [5.74, 6) is 0. The molecule has 1 heterocycles. The first-order chi connectivity index (χ1) is 6.79. The number of hydrogen-bond donors (Lipinski definition) is 1. The molecule has 1 rings (SSSR count). The molecule has 0 aliphatic carbocycles. The lowest BCUT2D eigenvalue weighted by atomic mass is 10.0. The van der Waals surface area contributed by atoms with E-state index in [4.69, 9.17) is 4.74 Å². The molecule has 0 radical (unpaired) electrons. The van der Waals surface area contributed by atoms with Gasteiger partial charge in [0, 0.05) is 31.8 Å². The van der Waals surface area contributed by atoms with Gasteiger partial charge in [-0.25, -0.2) is 0 Å². The van der Waals surface area contributed by atoms with E-state index in [1.807, 2.05) is 7.05 Å². The molecule has 0 aromatic carbocycles. The van der Waals surface area contributed by atoms with Crippen molar-refractivity contribution in [1.29, 1.82) is 0 Å². The molecule has 1 atom stereocenters. The largest absolute Gasteiger partial charge is 0.381 e. The zero-order valence-corrected chi connectivity index (χ0v) is 9.75. The van der Waals surface area contributed by atoms with E-state index in [9.17, 15) is 0 Å². The highest BCUT2D eigenvalue weighted by Gasteiger charge is 2.23. The fourth-order valence-corrected chi connectivity index (χ4v) is 2.20. The van der Waals surface area contributed by atoms with Crippen LogP contribution >= 0.6 is 0 Å². The third-order valence-electron chi connectivity index (χ3n) is 3.25. The maximum absolute atomic E-state index is 5.38. The highest BCUT2D eigenvalue weighted by Crippen LogP contribution is 2.16. The van der Waals surface area contributed by atoms with Crippen molar-refractivity contribution in [2.45, 2.75) is 38.3 Å². The van der Waals surface area contributed by atoms with Crippen molar-refractivity contribution in [1.82, 2.24) is 10.2 Å². The Morgan fingerprint density at radius 3 is 2.57 bits per heavy atom. The standard InChI is InChI=1S/C11H24N2O/c1-4-10(9-12-2)13(3)11-5-7-14-8-6-11/h10-12H,4-9H2,1-3H3. The van der Waals surface area contributed by atoms with Gasteiger partial charge >= 0.3 is 0 Å². The first-order valence-electron chi connectivity index (χ1n) is 5.73. The molecule has 14 heavy (non-hydrogen) atoms. The van der Waals surface area contributed by atoms with Gasteiger partial charge in [0.05, 0.1) is 0 Å². The third kappa shape index (κ3) is 3.23. The second kappa shape index (κ2) is 6.38. The highest BCUT2D eigenvalue weighted by atomic mass is 16.5. The molecule has 0 bridgehead atoms. The maximum Gasteiger partial charge on any atom is 0.0480 e. The summed E-state index contributed by atoms with van der Waals surface area (Å²) in [5.41, 5.74) is 0. The molecular formula is C11H24N2O. The quantitative estimate of drug-likeness (QED) is 0.719. The number of likely N-dealkylation sites (N-methyl/N-ethyl adjacent to an activating group) is 2. The van der Waals surface area contributed by atoms with E-state index in [0.717, 1.165) is 25.8 Å². The number of rotatable bonds is 5. The lowest BCUT2D eigenvalue weighted by Gasteiger charge is -2.36. The van der Waals surface area contributed by atoms with E-state index in [0.29, 0.717) is 6.04 Å². The van der Waals surface area contributed by atoms with E-state index in [-0.39, 0.29) is 0 Å². The van der Waals surface area contributed by atoms with Crippen LogP contribution in [0.5, 0.6) is 0 Å². The molecule has 0 amide bonds. The zero-order chi connectivity index (χ0) is 10.4. The molecule has 1 saturated heterocycles. The van der Waals surface area contributed by atoms with Crippen LogP contribution in [0, 0.1) is 0 Å². The van der Waals surface area contributed by atoms with Gasteiger partial charge in [0.15, 0.2) is 0 Å². The van der Waals surface area contributed by atoms with Gasteiger partial charge < -0.3 is 10.1 Å². The van der Waals surface area contributed by atoms with Gasteiger partial charge in [-0.1, -0.05) is 6.92 Å². The number of nitrogens with zero attached hydrogens (tertiary/aromatic N) is 1. The fourth-order valence-electron chi connectivity index (χ4n) is 2.20. The summed E-state index contributed by atoms with van der Waals surface area (Å²) in [6.45, 7) is 5.22. The molecule has 1 unspecified atom stereocenters. The fraction of sp³-hybridized carbons (Fsp3) is 1.00. The number of ether oxygens (including phenoxy) is 1. The lowest BCUT2D eigenvalue weighted by molar-refractivity contribution is 0.0281. The average Bonchev–Trinajstić information content (AvgIpc) is 2.26. The van der Waals surface area contributed by atoms with Crippen molar-refractivity contribution < 1.29 is 4.74 Å². The molecule has 1 aliphatic rings. The van der Waals surface area contributed by atoms with Crippen molar-refractivity contribution in [2.24, 2.45) is 0 Å². The Kier molecular flexibility index (Phi) is 5.45. The minimum atomic E-state index is 0.670. The SMILES string of the molecule is CCC(CNC)N(C)C1CCOCC1. The van der Waals surface area contributed by atoms with Crippen LogP contribution in [0.15, 0.2) is 0 Å². The normalized spacial score (nSPS) is 21.4. The van der Waals surface area contributed by atoms with Crippen LogP contribution in [-0.4, -0.2) is 50.8 Å². The van der Waals surface area contributed by atoms with Gasteiger partial charge in [0.25, 0.3) is 0 Å². The summed E-state index contributed by atoms with van der Waals surface area (Å²) in [7, 11) is 4.28. The Balaban J connectivity index is 2.38. The Morgan fingerprint density at radius 1 is 1.43 bits per heavy atom. The Morgan fingerprint density at radius 2 is 2.07 bits per heavy atom. The van der Waals surface area contributed by atoms with Gasteiger partial charge in [0.2, 0.25) is 0 Å². The van der Waals surface area contributed by atoms with Crippen molar-refractivity contribution in [2.75, 3.05) is 33.9 Å². The topological polar surface area (TPSA) is 24.5 Å². The molecule has 0 spiro atoms. The van der Waals surface area contributed by atoms with Crippen LogP contribution in [0.2, 0.25) is 0 Å². The predicted molar refractivity (Wildman–Crippen MR) is 59.6 cm³/mol. The molecule has 0 aromatic heterocycles. The van der Waals surface area contributed by atoms with Crippen LogP contribution in [0.1, 0.15) is 26.2 Å². The molecule has 1 aliphatic heterocycles. The Bertz CT molecular complexity index is 141. The second-order valence-electron chi connectivity index (χ2n) is 4.13. The lowest BCUT2D eigenvalue weighted by Crippen LogP contribution is -2.46. The summed E-state index contributed by atoms with van der Waals surface area (Å²) in [6.07, 6.45) is 3.60. The summed E-state index contributed by atoms with van der Waals surface area (Å²) >= 11 is 0. The second-order valence-corrected chi connectivity index (χ2v) is 4.13. The van der Waals surface area contributed by atoms with Gasteiger partial charge in [-0.3, -0.25) is 4.90 Å². The summed E-state index contributed by atoms with van der Waals surface area (Å²) < 4.78 is 5.38. The third-order valence-corrected chi connectivity index (χ3v) is 3.25. The molecule has 3 nitrogen and oxygen atoms in total. The van der Waals surface area contributed by atoms with Crippen molar-refractivity contribution in [3.63, 3.8) is 0 Å². The summed E-state index contributed by atoms with van der Waals surface area (Å²) in [5, 5.41) is 3.27. The minimum absolute atomic E-state index is 0.670. The molecule has 0 aromatic rings. The van der Waals surface area contributed by atoms with E-state index < -0.39 is 0 Å². The van der Waals surface area contributed by atoms with Crippen LogP contribution in [0.25, 0.3) is 0 Å². The van der Waals surface area contributed by atoms with Crippen LogP contribution in [-0.2, 0) is 4.74 Å². The first-order valence-corrected chi connectivity index (χ1v) is 5.73. The first kappa shape index (κ1) is 12.0. The van der Waals surface area contributed by atoms with E-state index >= 15 is 0 Å². The van der Waals surface area contributed by atoms with Crippen molar-refractivity contribution in [3.05, 3.63) is 0 Å². The monoisotopic (exact) mass is 200 g/mol. The van der Waals surface area contributed by atoms with Crippen molar-refractivity contribution in [3.8, 4) is 0 Å². The van der Waals surface area contributed by atoms with Crippen LogP contribution in [0.4, 0.5) is 0 Å². The molecular weight excluding hydrogens is 176 g/mol. The molecule has 1 N–H and O–H groups in total. The smallest absolute Gasteiger partial charge is 0.0480 e. The zero-order valence-electron chi connectivity index (χ0n) is 9.75. The summed E-state index contributed by atoms with van der Waals surface area (Å²) in [6, 6.07) is 1.39. The summed E-state index contributed by atoms with van der Waals surface area (Å²) in [4.78, 5) is 2.53. The van der Waals surface area contributed by atoms with Gasteiger partial charge in [0.1, 0.15) is 0 Å². The molecule has 84 valence electrons. The van der Waals surface area contributed by atoms with Gasteiger partial charge in [-0.2, -0.15) is 0 Å². The Hall–Kier alpha value is -0.120. The van der Waals surface area contributed by atoms with Crippen molar-refractivity contribution >= 4 is 0 Å². The Labute approximate surface area is 87.8 Å². The van der Waals surface area contributed by atoms with E-state index in [1.165, 1.54) is 19.3 Å². The maximum atomic E-state index is 5.38. The highest BCUT2D eigenvalue weighted by molar-refractivity contribution is 4.78. The number of hydrogen-bond acceptors (Lipinski definition) is 3. The average molecular weight is 200 g/mol. The van der Waals surface area contributed by atoms with Gasteiger partial charge in [-0.05, 0) is 33.4 Å². The minimum Gasteiger partial charge on any atom is -0.381 e. The van der Waals surface area contributed by atoms with Gasteiger partial charge in [-0.15, -0.1) is 0 Å². The van der Waals surface area contributed by atoms with Crippen LogP contribution < -0.4 is 5.32 Å². The predicted octanol–water partition coefficient (Wildman–Crippen LogP) is 1.10. The molecule has 1 fully saturated rings. The molecule has 3 heteroatoms. The number of nitrogens with one attached hydrogen (secondary N) is 1. The molecule has 0 saturated carbocycles. The van der Waals surface area contributed by atoms with Crippen LogP contribution in [0.3, 0.4) is 0 Å².